The van der Waals surface area contributed by atoms with E-state index in [9.17, 15) is 14.7 Å². The van der Waals surface area contributed by atoms with Gasteiger partial charge in [0.25, 0.3) is 0 Å². The van der Waals surface area contributed by atoms with Crippen molar-refractivity contribution in [2.45, 2.75) is 67.9 Å². The molecule has 0 bridgehead atoms. The summed E-state index contributed by atoms with van der Waals surface area (Å²) in [5, 5.41) is 13.5. The molecule has 1 aliphatic carbocycles. The van der Waals surface area contributed by atoms with Crippen molar-refractivity contribution in [2.75, 3.05) is 11.9 Å². The minimum absolute atomic E-state index is 0.157. The highest BCUT2D eigenvalue weighted by Crippen LogP contribution is 2.37. The van der Waals surface area contributed by atoms with Gasteiger partial charge in [-0.05, 0) is 69.6 Å². The third-order valence-electron chi connectivity index (χ3n) is 5.79. The zero-order chi connectivity index (χ0) is 23.3. The lowest BCUT2D eigenvalue weighted by atomic mass is 9.86. The average Bonchev–Trinajstić information content (AvgIpc) is 3.15. The van der Waals surface area contributed by atoms with E-state index in [4.69, 9.17) is 11.6 Å². The van der Waals surface area contributed by atoms with Crippen LogP contribution in [0.5, 0.6) is 0 Å². The van der Waals surface area contributed by atoms with Crippen molar-refractivity contribution in [3.63, 3.8) is 0 Å². The molecule has 2 aromatic rings. The van der Waals surface area contributed by atoms with E-state index in [-0.39, 0.29) is 12.1 Å². The molecular formula is C23H30ClN3O3S2. The Morgan fingerprint density at radius 3 is 2.69 bits per heavy atom. The van der Waals surface area contributed by atoms with Crippen molar-refractivity contribution in [3.05, 3.63) is 41.0 Å². The van der Waals surface area contributed by atoms with Crippen molar-refractivity contribution < 1.29 is 14.7 Å². The maximum absolute atomic E-state index is 13.2. The Morgan fingerprint density at radius 1 is 1.31 bits per heavy atom. The standard InChI is InChI=1S/C23H30ClN3O3S2/c1-15-7-9-18(10-8-15)27(12-11-16-5-4-6-17(24)13-16)22(30)26-21-25-14-19(31-21)32-23(2,3)20(28)29/h4-6,13-15,18H,7-12H2,1-3H3,(H,28,29)(H,25,26,30). The number of carboxylic acids is 1. The fourth-order valence-electron chi connectivity index (χ4n) is 3.77. The van der Waals surface area contributed by atoms with Crippen LogP contribution in [0.15, 0.2) is 34.7 Å². The molecule has 0 unspecified atom stereocenters. The van der Waals surface area contributed by atoms with E-state index in [2.05, 4.69) is 17.2 Å². The smallest absolute Gasteiger partial charge is 0.323 e. The summed E-state index contributed by atoms with van der Waals surface area (Å²) in [6.07, 6.45) is 6.58. The number of thiazole rings is 1. The van der Waals surface area contributed by atoms with Gasteiger partial charge in [0, 0.05) is 17.6 Å². The van der Waals surface area contributed by atoms with E-state index in [0.717, 1.165) is 41.9 Å². The summed E-state index contributed by atoms with van der Waals surface area (Å²) >= 11 is 8.65. The van der Waals surface area contributed by atoms with Gasteiger partial charge < -0.3 is 10.0 Å². The quantitative estimate of drug-likeness (QED) is 0.413. The summed E-state index contributed by atoms with van der Waals surface area (Å²) < 4.78 is -0.208. The molecule has 2 amide bonds. The number of nitrogens with one attached hydrogen (secondary N) is 1. The molecule has 1 heterocycles. The second kappa shape index (κ2) is 10.9. The van der Waals surface area contributed by atoms with Gasteiger partial charge in [-0.3, -0.25) is 10.1 Å². The van der Waals surface area contributed by atoms with Gasteiger partial charge >= 0.3 is 12.0 Å². The van der Waals surface area contributed by atoms with Crippen molar-refractivity contribution in [3.8, 4) is 0 Å². The summed E-state index contributed by atoms with van der Waals surface area (Å²) in [5.74, 6) is -0.194. The molecule has 0 aliphatic heterocycles. The molecule has 9 heteroatoms. The fourth-order valence-corrected chi connectivity index (χ4v) is 6.25. The molecule has 0 saturated heterocycles. The molecule has 1 fully saturated rings. The Bertz CT molecular complexity index is 942. The molecule has 32 heavy (non-hydrogen) atoms. The number of amides is 2. The van der Waals surface area contributed by atoms with Crippen LogP contribution in [0.3, 0.4) is 0 Å². The summed E-state index contributed by atoms with van der Waals surface area (Å²) in [7, 11) is 0. The normalized spacial score (nSPS) is 18.9. The number of anilines is 1. The predicted molar refractivity (Wildman–Crippen MR) is 132 cm³/mol. The Labute approximate surface area is 202 Å². The fraction of sp³-hybridized carbons (Fsp3) is 0.522. The monoisotopic (exact) mass is 495 g/mol. The molecular weight excluding hydrogens is 466 g/mol. The number of hydrogen-bond donors (Lipinski definition) is 2. The van der Waals surface area contributed by atoms with Crippen LogP contribution in [0.4, 0.5) is 9.93 Å². The van der Waals surface area contributed by atoms with E-state index in [1.165, 1.54) is 23.1 Å². The minimum atomic E-state index is -0.963. The second-order valence-electron chi connectivity index (χ2n) is 8.82. The molecule has 1 aromatic carbocycles. The lowest BCUT2D eigenvalue weighted by Crippen LogP contribution is -2.45. The van der Waals surface area contributed by atoms with Gasteiger partial charge in [0.2, 0.25) is 0 Å². The highest BCUT2D eigenvalue weighted by Gasteiger charge is 2.30. The third kappa shape index (κ3) is 6.86. The Hall–Kier alpha value is -1.77. The first-order valence-electron chi connectivity index (χ1n) is 10.8. The lowest BCUT2D eigenvalue weighted by Gasteiger charge is -2.36. The first-order valence-corrected chi connectivity index (χ1v) is 12.9. The highest BCUT2D eigenvalue weighted by atomic mass is 35.5. The van der Waals surface area contributed by atoms with Gasteiger partial charge in [0.1, 0.15) is 4.75 Å². The number of thioether (sulfide) groups is 1. The zero-order valence-electron chi connectivity index (χ0n) is 18.6. The Morgan fingerprint density at radius 2 is 2.03 bits per heavy atom. The highest BCUT2D eigenvalue weighted by molar-refractivity contribution is 8.03. The summed E-state index contributed by atoms with van der Waals surface area (Å²) in [5.41, 5.74) is 1.10. The molecule has 174 valence electrons. The van der Waals surface area contributed by atoms with Gasteiger partial charge in [-0.1, -0.05) is 53.8 Å². The first-order chi connectivity index (χ1) is 15.1. The number of carbonyl (C=O) groups is 2. The van der Waals surface area contributed by atoms with Crippen molar-refractivity contribution in [1.82, 2.24) is 9.88 Å². The number of aromatic nitrogens is 1. The topological polar surface area (TPSA) is 82.5 Å². The molecule has 0 spiro atoms. The summed E-state index contributed by atoms with van der Waals surface area (Å²) in [6.45, 7) is 6.17. The number of hydrogen-bond acceptors (Lipinski definition) is 5. The first kappa shape index (κ1) is 24.9. The lowest BCUT2D eigenvalue weighted by molar-refractivity contribution is -0.138. The Kier molecular flexibility index (Phi) is 8.47. The van der Waals surface area contributed by atoms with E-state index in [0.29, 0.717) is 22.6 Å². The maximum Gasteiger partial charge on any atom is 0.323 e. The van der Waals surface area contributed by atoms with Crippen LogP contribution >= 0.6 is 34.7 Å². The van der Waals surface area contributed by atoms with E-state index >= 15 is 0 Å². The predicted octanol–water partition coefficient (Wildman–Crippen LogP) is 6.41. The van der Waals surface area contributed by atoms with Crippen LogP contribution in [0.25, 0.3) is 0 Å². The van der Waals surface area contributed by atoms with Crippen molar-refractivity contribution >= 4 is 51.8 Å². The van der Waals surface area contributed by atoms with Gasteiger partial charge in [-0.25, -0.2) is 9.78 Å². The minimum Gasteiger partial charge on any atom is -0.480 e. The van der Waals surface area contributed by atoms with Gasteiger partial charge in [-0.2, -0.15) is 0 Å². The summed E-state index contributed by atoms with van der Waals surface area (Å²) in [4.78, 5) is 30.9. The van der Waals surface area contributed by atoms with Crippen LogP contribution in [0.2, 0.25) is 5.02 Å². The zero-order valence-corrected chi connectivity index (χ0v) is 21.0. The number of rotatable bonds is 8. The van der Waals surface area contributed by atoms with Gasteiger partial charge in [0.15, 0.2) is 5.13 Å². The van der Waals surface area contributed by atoms with Crippen LogP contribution < -0.4 is 5.32 Å². The molecule has 3 rings (SSSR count). The van der Waals surface area contributed by atoms with Crippen LogP contribution in [0.1, 0.15) is 52.0 Å². The number of carbonyl (C=O) groups excluding carboxylic acids is 1. The molecule has 1 aliphatic rings. The SMILES string of the molecule is CC1CCC(N(CCc2cccc(Cl)c2)C(=O)Nc2ncc(SC(C)(C)C(=O)O)s2)CC1. The molecule has 1 saturated carbocycles. The number of benzene rings is 1. The van der Waals surface area contributed by atoms with Gasteiger partial charge in [0.05, 0.1) is 10.4 Å². The van der Waals surface area contributed by atoms with Gasteiger partial charge in [-0.15, -0.1) is 0 Å². The largest absolute Gasteiger partial charge is 0.480 e. The maximum atomic E-state index is 13.2. The van der Waals surface area contributed by atoms with Crippen molar-refractivity contribution in [1.29, 1.82) is 0 Å². The number of carboxylic acid groups (broad SMARTS) is 1. The number of urea groups is 1. The average molecular weight is 496 g/mol. The number of aliphatic carboxylic acids is 1. The van der Waals surface area contributed by atoms with Crippen LogP contribution in [-0.2, 0) is 11.2 Å². The molecule has 1 aromatic heterocycles. The number of nitrogens with zero attached hydrogens (tertiary/aromatic N) is 2. The van der Waals surface area contributed by atoms with Crippen LogP contribution in [0, 0.1) is 5.92 Å². The van der Waals surface area contributed by atoms with E-state index in [1.807, 2.05) is 29.2 Å². The molecule has 6 nitrogen and oxygen atoms in total. The van der Waals surface area contributed by atoms with E-state index < -0.39 is 10.7 Å². The Balaban J connectivity index is 1.68. The van der Waals surface area contributed by atoms with E-state index in [1.54, 1.807) is 20.0 Å². The second-order valence-corrected chi connectivity index (χ2v) is 12.2. The number of halogens is 1. The van der Waals surface area contributed by atoms with Crippen molar-refractivity contribution in [2.24, 2.45) is 5.92 Å². The molecule has 0 atom stereocenters. The molecule has 2 N–H and O–H groups in total. The van der Waals surface area contributed by atoms with Crippen LogP contribution in [-0.4, -0.2) is 44.3 Å². The summed E-state index contributed by atoms with van der Waals surface area (Å²) in [6, 6.07) is 7.79. The third-order valence-corrected chi connectivity index (χ3v) is 8.22. The molecule has 0 radical (unpaired) electrons.